The van der Waals surface area contributed by atoms with Crippen LogP contribution in [-0.2, 0) is 0 Å². The van der Waals surface area contributed by atoms with Crippen LogP contribution in [0.5, 0.6) is 0 Å². The van der Waals surface area contributed by atoms with Crippen molar-refractivity contribution in [2.75, 3.05) is 13.1 Å². The second-order valence-corrected chi connectivity index (χ2v) is 3.23. The fourth-order valence-corrected chi connectivity index (χ4v) is 2.06. The number of fused-ring (bicyclic) bond motifs is 1. The average molecular weight is 126 g/mol. The standard InChI is InChI=1S/C7H14N2/c1-5-7-6(4-9-5)2-3-8-7/h5-9H,2-4H2,1H3/t5-,6+,7-/m0/s1. The lowest BCUT2D eigenvalue weighted by atomic mass is 10.0. The zero-order chi connectivity index (χ0) is 6.27. The second-order valence-electron chi connectivity index (χ2n) is 3.23. The van der Waals surface area contributed by atoms with Gasteiger partial charge in [-0.1, -0.05) is 0 Å². The Balaban J connectivity index is 2.07. The van der Waals surface area contributed by atoms with Gasteiger partial charge in [0.15, 0.2) is 0 Å². The number of rotatable bonds is 0. The maximum absolute atomic E-state index is 3.51. The van der Waals surface area contributed by atoms with Crippen molar-refractivity contribution in [2.45, 2.75) is 25.4 Å². The van der Waals surface area contributed by atoms with E-state index in [-0.39, 0.29) is 0 Å². The average Bonchev–Trinajstić information content (AvgIpc) is 2.35. The third-order valence-corrected chi connectivity index (χ3v) is 2.64. The molecule has 2 N–H and O–H groups in total. The Morgan fingerprint density at radius 3 is 3.00 bits per heavy atom. The summed E-state index contributed by atoms with van der Waals surface area (Å²) in [6, 6.07) is 1.49. The van der Waals surface area contributed by atoms with E-state index in [9.17, 15) is 0 Å². The summed E-state index contributed by atoms with van der Waals surface area (Å²) in [5, 5.41) is 6.96. The Morgan fingerprint density at radius 2 is 2.22 bits per heavy atom. The Morgan fingerprint density at radius 1 is 1.33 bits per heavy atom. The van der Waals surface area contributed by atoms with Gasteiger partial charge in [-0.2, -0.15) is 0 Å². The summed E-state index contributed by atoms with van der Waals surface area (Å²) in [5.41, 5.74) is 0. The first-order chi connectivity index (χ1) is 4.38. The van der Waals surface area contributed by atoms with Crippen LogP contribution >= 0.6 is 0 Å². The van der Waals surface area contributed by atoms with E-state index in [2.05, 4.69) is 17.6 Å². The van der Waals surface area contributed by atoms with Crippen molar-refractivity contribution in [3.8, 4) is 0 Å². The molecule has 0 spiro atoms. The molecule has 0 aliphatic carbocycles. The molecule has 0 saturated carbocycles. The van der Waals surface area contributed by atoms with Crippen LogP contribution in [0.2, 0.25) is 0 Å². The van der Waals surface area contributed by atoms with Crippen molar-refractivity contribution in [2.24, 2.45) is 5.92 Å². The number of hydrogen-bond acceptors (Lipinski definition) is 2. The summed E-state index contributed by atoms with van der Waals surface area (Å²) in [5.74, 6) is 0.931. The lowest BCUT2D eigenvalue weighted by Gasteiger charge is -2.12. The van der Waals surface area contributed by atoms with Crippen LogP contribution in [0.4, 0.5) is 0 Å². The number of hydrogen-bond donors (Lipinski definition) is 2. The maximum Gasteiger partial charge on any atom is 0.0259 e. The fraction of sp³-hybridized carbons (Fsp3) is 1.00. The van der Waals surface area contributed by atoms with Crippen LogP contribution in [0.1, 0.15) is 13.3 Å². The molecular weight excluding hydrogens is 112 g/mol. The Hall–Kier alpha value is -0.0800. The highest BCUT2D eigenvalue weighted by Gasteiger charge is 2.35. The molecule has 0 aromatic heterocycles. The van der Waals surface area contributed by atoms with Crippen molar-refractivity contribution in [1.82, 2.24) is 10.6 Å². The first-order valence-corrected chi connectivity index (χ1v) is 3.84. The molecule has 2 aliphatic heterocycles. The predicted molar refractivity (Wildman–Crippen MR) is 37.4 cm³/mol. The van der Waals surface area contributed by atoms with Gasteiger partial charge in [0, 0.05) is 12.1 Å². The molecule has 2 heterocycles. The van der Waals surface area contributed by atoms with Gasteiger partial charge in [-0.15, -0.1) is 0 Å². The van der Waals surface area contributed by atoms with E-state index in [0.29, 0.717) is 6.04 Å². The summed E-state index contributed by atoms with van der Waals surface area (Å²) in [6.07, 6.45) is 1.38. The third-order valence-electron chi connectivity index (χ3n) is 2.64. The first-order valence-electron chi connectivity index (χ1n) is 3.84. The van der Waals surface area contributed by atoms with Crippen molar-refractivity contribution in [3.05, 3.63) is 0 Å². The minimum Gasteiger partial charge on any atom is -0.312 e. The van der Waals surface area contributed by atoms with Crippen molar-refractivity contribution >= 4 is 0 Å². The van der Waals surface area contributed by atoms with E-state index < -0.39 is 0 Å². The molecule has 9 heavy (non-hydrogen) atoms. The molecule has 0 unspecified atom stereocenters. The first kappa shape index (κ1) is 5.69. The van der Waals surface area contributed by atoms with Crippen LogP contribution in [0, 0.1) is 5.92 Å². The highest BCUT2D eigenvalue weighted by Crippen LogP contribution is 2.22. The van der Waals surface area contributed by atoms with E-state index in [4.69, 9.17) is 0 Å². The summed E-state index contributed by atoms with van der Waals surface area (Å²) >= 11 is 0. The molecule has 2 fully saturated rings. The van der Waals surface area contributed by atoms with Crippen LogP contribution in [0.3, 0.4) is 0 Å². The van der Waals surface area contributed by atoms with E-state index in [1.165, 1.54) is 19.5 Å². The van der Waals surface area contributed by atoms with E-state index in [1.54, 1.807) is 0 Å². The molecule has 0 aromatic rings. The summed E-state index contributed by atoms with van der Waals surface area (Å²) < 4.78 is 0. The molecule has 2 rings (SSSR count). The zero-order valence-corrected chi connectivity index (χ0v) is 5.85. The van der Waals surface area contributed by atoms with E-state index in [0.717, 1.165) is 12.0 Å². The molecule has 2 heteroatoms. The van der Waals surface area contributed by atoms with Crippen molar-refractivity contribution in [3.63, 3.8) is 0 Å². The lowest BCUT2D eigenvalue weighted by Crippen LogP contribution is -2.36. The molecule has 2 nitrogen and oxygen atoms in total. The smallest absolute Gasteiger partial charge is 0.0259 e. The highest BCUT2D eigenvalue weighted by atomic mass is 15.1. The summed E-state index contributed by atoms with van der Waals surface area (Å²) in [4.78, 5) is 0. The quantitative estimate of drug-likeness (QED) is 0.476. The Bertz CT molecular complexity index is 113. The van der Waals surface area contributed by atoms with Gasteiger partial charge in [0.2, 0.25) is 0 Å². The van der Waals surface area contributed by atoms with Gasteiger partial charge in [0.05, 0.1) is 0 Å². The molecule has 3 atom stereocenters. The Labute approximate surface area is 56.0 Å². The Kier molecular flexibility index (Phi) is 1.24. The SMILES string of the molecule is C[C@@H]1NC[C@H]2CCN[C@H]21. The third kappa shape index (κ3) is 0.775. The monoisotopic (exact) mass is 126 g/mol. The molecule has 0 radical (unpaired) electrons. The van der Waals surface area contributed by atoms with Gasteiger partial charge in [-0.05, 0) is 32.4 Å². The predicted octanol–water partition coefficient (Wildman–Crippen LogP) is -0.0438. The second kappa shape index (κ2) is 1.96. The molecule has 0 amide bonds. The summed E-state index contributed by atoms with van der Waals surface area (Å²) in [6.45, 7) is 4.74. The molecule has 2 aliphatic rings. The van der Waals surface area contributed by atoms with Crippen LogP contribution in [-0.4, -0.2) is 25.2 Å². The normalized spacial score (nSPS) is 49.7. The maximum atomic E-state index is 3.51. The van der Waals surface area contributed by atoms with Crippen molar-refractivity contribution in [1.29, 1.82) is 0 Å². The van der Waals surface area contributed by atoms with Crippen LogP contribution in [0.15, 0.2) is 0 Å². The van der Waals surface area contributed by atoms with Gasteiger partial charge in [-0.25, -0.2) is 0 Å². The molecule has 0 bridgehead atoms. The largest absolute Gasteiger partial charge is 0.312 e. The van der Waals surface area contributed by atoms with Crippen molar-refractivity contribution < 1.29 is 0 Å². The summed E-state index contributed by atoms with van der Waals surface area (Å²) in [7, 11) is 0. The van der Waals surface area contributed by atoms with E-state index in [1.807, 2.05) is 0 Å². The topological polar surface area (TPSA) is 24.1 Å². The van der Waals surface area contributed by atoms with E-state index >= 15 is 0 Å². The van der Waals surface area contributed by atoms with Crippen LogP contribution in [0.25, 0.3) is 0 Å². The van der Waals surface area contributed by atoms with Crippen LogP contribution < -0.4 is 10.6 Å². The number of nitrogens with one attached hydrogen (secondary N) is 2. The van der Waals surface area contributed by atoms with Gasteiger partial charge in [0.25, 0.3) is 0 Å². The molecule has 2 saturated heterocycles. The molecular formula is C7H14N2. The zero-order valence-electron chi connectivity index (χ0n) is 5.85. The van der Waals surface area contributed by atoms with Gasteiger partial charge >= 0.3 is 0 Å². The minimum atomic E-state index is 0.706. The highest BCUT2D eigenvalue weighted by molar-refractivity contribution is 4.97. The van der Waals surface area contributed by atoms with Gasteiger partial charge in [0.1, 0.15) is 0 Å². The van der Waals surface area contributed by atoms with Gasteiger partial charge < -0.3 is 10.6 Å². The molecule has 0 aromatic carbocycles. The minimum absolute atomic E-state index is 0.706. The fourth-order valence-electron chi connectivity index (χ4n) is 2.06. The lowest BCUT2D eigenvalue weighted by molar-refractivity contribution is 0.494. The van der Waals surface area contributed by atoms with Gasteiger partial charge in [-0.3, -0.25) is 0 Å². The molecule has 52 valence electrons.